The molecule has 3 aromatic rings. The first-order chi connectivity index (χ1) is 16.4. The van der Waals surface area contributed by atoms with Gasteiger partial charge in [-0.1, -0.05) is 43.7 Å². The van der Waals surface area contributed by atoms with Gasteiger partial charge in [-0.2, -0.15) is 5.10 Å². The first-order valence-electron chi connectivity index (χ1n) is 10.8. The number of amides is 1. The zero-order valence-electron chi connectivity index (χ0n) is 18.7. The van der Waals surface area contributed by atoms with Crippen LogP contribution >= 0.6 is 0 Å². The number of unbranched alkanes of at least 4 members (excludes halogenated alkanes) is 1. The maximum Gasteiger partial charge on any atom is 0.264 e. The van der Waals surface area contributed by atoms with E-state index >= 15 is 0 Å². The topological polar surface area (TPSA) is 88.1 Å². The highest BCUT2D eigenvalue weighted by Crippen LogP contribution is 2.25. The summed E-state index contributed by atoms with van der Waals surface area (Å²) in [6, 6.07) is 20.1. The van der Waals surface area contributed by atoms with E-state index in [4.69, 9.17) is 4.74 Å². The number of rotatable bonds is 11. The second kappa shape index (κ2) is 11.9. The molecule has 3 rings (SSSR count). The molecule has 0 aliphatic carbocycles. The Labute approximate surface area is 198 Å². The van der Waals surface area contributed by atoms with Crippen molar-refractivity contribution in [3.63, 3.8) is 0 Å². The summed E-state index contributed by atoms with van der Waals surface area (Å²) in [5.41, 5.74) is 2.78. The third-order valence-electron chi connectivity index (χ3n) is 4.79. The molecule has 3 aromatic carbocycles. The minimum Gasteiger partial charge on any atom is -0.494 e. The van der Waals surface area contributed by atoms with Crippen LogP contribution in [0.2, 0.25) is 0 Å². The van der Waals surface area contributed by atoms with E-state index in [1.54, 1.807) is 42.5 Å². The molecule has 34 heavy (non-hydrogen) atoms. The van der Waals surface area contributed by atoms with Gasteiger partial charge in [0.05, 0.1) is 23.4 Å². The first kappa shape index (κ1) is 24.9. The number of para-hydroxylation sites is 1. The van der Waals surface area contributed by atoms with Crippen molar-refractivity contribution in [1.82, 2.24) is 5.43 Å². The van der Waals surface area contributed by atoms with Crippen LogP contribution in [0.5, 0.6) is 5.75 Å². The van der Waals surface area contributed by atoms with Crippen LogP contribution in [0.3, 0.4) is 0 Å². The van der Waals surface area contributed by atoms with E-state index in [1.165, 1.54) is 36.5 Å². The Morgan fingerprint density at radius 2 is 1.71 bits per heavy atom. The maximum absolute atomic E-state index is 14.5. The molecule has 0 aliphatic rings. The quantitative estimate of drug-likeness (QED) is 0.250. The van der Waals surface area contributed by atoms with E-state index in [0.29, 0.717) is 12.2 Å². The van der Waals surface area contributed by atoms with Crippen molar-refractivity contribution in [3.05, 3.63) is 90.2 Å². The predicted octanol–water partition coefficient (Wildman–Crippen LogP) is 4.35. The molecule has 0 bridgehead atoms. The van der Waals surface area contributed by atoms with Gasteiger partial charge in [0, 0.05) is 0 Å². The Bertz CT molecular complexity index is 1220. The number of nitrogens with one attached hydrogen (secondary N) is 1. The number of hydrazone groups is 1. The van der Waals surface area contributed by atoms with E-state index < -0.39 is 28.3 Å². The molecular weight excluding hydrogens is 457 g/mol. The highest BCUT2D eigenvalue weighted by Gasteiger charge is 2.28. The number of sulfonamides is 1. The summed E-state index contributed by atoms with van der Waals surface area (Å²) in [4.78, 5) is 12.5. The number of hydrogen-bond donors (Lipinski definition) is 1. The zero-order chi connectivity index (χ0) is 24.4. The van der Waals surface area contributed by atoms with Crippen LogP contribution in [0.25, 0.3) is 0 Å². The Balaban J connectivity index is 1.71. The molecule has 0 unspecified atom stereocenters. The van der Waals surface area contributed by atoms with Crippen LogP contribution in [0, 0.1) is 5.82 Å². The van der Waals surface area contributed by atoms with Crippen molar-refractivity contribution in [1.29, 1.82) is 0 Å². The molecule has 0 radical (unpaired) electrons. The number of halogens is 1. The molecule has 0 fully saturated rings. The van der Waals surface area contributed by atoms with Crippen molar-refractivity contribution < 1.29 is 22.3 Å². The number of hydrogen-bond acceptors (Lipinski definition) is 5. The van der Waals surface area contributed by atoms with Gasteiger partial charge in [-0.05, 0) is 60.5 Å². The van der Waals surface area contributed by atoms with Gasteiger partial charge in [0.2, 0.25) is 0 Å². The lowest BCUT2D eigenvalue weighted by Gasteiger charge is -2.24. The average molecular weight is 484 g/mol. The molecule has 1 N–H and O–H groups in total. The van der Waals surface area contributed by atoms with E-state index in [1.807, 2.05) is 0 Å². The molecule has 0 saturated carbocycles. The normalized spacial score (nSPS) is 11.4. The number of carbonyl (C=O) groups excluding carboxylic acids is 1. The smallest absolute Gasteiger partial charge is 0.264 e. The Kier molecular flexibility index (Phi) is 8.75. The molecule has 1 amide bonds. The molecule has 7 nitrogen and oxygen atoms in total. The molecule has 0 spiro atoms. The summed E-state index contributed by atoms with van der Waals surface area (Å²) in [5, 5.41) is 3.89. The molecule has 0 aliphatic heterocycles. The van der Waals surface area contributed by atoms with Crippen molar-refractivity contribution >= 4 is 27.8 Å². The number of carbonyl (C=O) groups is 1. The second-order valence-electron chi connectivity index (χ2n) is 7.34. The van der Waals surface area contributed by atoms with E-state index in [2.05, 4.69) is 17.5 Å². The Morgan fingerprint density at radius 3 is 2.38 bits per heavy atom. The Hall–Kier alpha value is -3.72. The van der Waals surface area contributed by atoms with Crippen LogP contribution in [0.1, 0.15) is 25.3 Å². The second-order valence-corrected chi connectivity index (χ2v) is 9.20. The molecule has 0 aromatic heterocycles. The third kappa shape index (κ3) is 6.64. The minimum atomic E-state index is -4.20. The van der Waals surface area contributed by atoms with Crippen LogP contribution in [0.15, 0.2) is 88.9 Å². The summed E-state index contributed by atoms with van der Waals surface area (Å²) in [6.45, 7) is 2.08. The van der Waals surface area contributed by atoms with Gasteiger partial charge in [-0.3, -0.25) is 9.10 Å². The summed E-state index contributed by atoms with van der Waals surface area (Å²) < 4.78 is 47.1. The first-order valence-corrected chi connectivity index (χ1v) is 12.2. The van der Waals surface area contributed by atoms with Gasteiger partial charge >= 0.3 is 0 Å². The van der Waals surface area contributed by atoms with Crippen LogP contribution in [-0.2, 0) is 14.8 Å². The fourth-order valence-electron chi connectivity index (χ4n) is 3.00. The minimum absolute atomic E-state index is 0.0594. The number of ether oxygens (including phenoxy) is 1. The lowest BCUT2D eigenvalue weighted by molar-refractivity contribution is -0.119. The Morgan fingerprint density at radius 1 is 1.03 bits per heavy atom. The van der Waals surface area contributed by atoms with Gasteiger partial charge < -0.3 is 4.74 Å². The van der Waals surface area contributed by atoms with Crippen molar-refractivity contribution in [3.8, 4) is 5.75 Å². The van der Waals surface area contributed by atoms with E-state index in [-0.39, 0.29) is 10.6 Å². The number of anilines is 1. The van der Waals surface area contributed by atoms with Crippen molar-refractivity contribution in [2.75, 3.05) is 17.5 Å². The van der Waals surface area contributed by atoms with Gasteiger partial charge in [-0.15, -0.1) is 0 Å². The van der Waals surface area contributed by atoms with Gasteiger partial charge in [-0.25, -0.2) is 18.2 Å². The molecule has 0 heterocycles. The summed E-state index contributed by atoms with van der Waals surface area (Å²) in [5.74, 6) is -0.751. The van der Waals surface area contributed by atoms with Crippen LogP contribution in [0.4, 0.5) is 10.1 Å². The van der Waals surface area contributed by atoms with Gasteiger partial charge in [0.15, 0.2) is 0 Å². The SMILES string of the molecule is CCCCOc1ccc(/C=N/NC(=O)CN(c2ccccc2F)S(=O)(=O)c2ccccc2)cc1. The fraction of sp³-hybridized carbons (Fsp3) is 0.200. The van der Waals surface area contributed by atoms with Crippen molar-refractivity contribution in [2.24, 2.45) is 5.10 Å². The largest absolute Gasteiger partial charge is 0.494 e. The fourth-order valence-corrected chi connectivity index (χ4v) is 4.45. The van der Waals surface area contributed by atoms with E-state index in [9.17, 15) is 17.6 Å². The lowest BCUT2D eigenvalue weighted by atomic mass is 10.2. The third-order valence-corrected chi connectivity index (χ3v) is 6.56. The molecule has 0 saturated heterocycles. The highest BCUT2D eigenvalue weighted by atomic mass is 32.2. The van der Waals surface area contributed by atoms with Gasteiger partial charge in [0.25, 0.3) is 15.9 Å². The summed E-state index contributed by atoms with van der Waals surface area (Å²) in [6.07, 6.45) is 3.44. The lowest BCUT2D eigenvalue weighted by Crippen LogP contribution is -2.40. The average Bonchev–Trinajstić information content (AvgIpc) is 2.85. The van der Waals surface area contributed by atoms with E-state index in [0.717, 1.165) is 29.0 Å². The zero-order valence-corrected chi connectivity index (χ0v) is 19.5. The maximum atomic E-state index is 14.5. The van der Waals surface area contributed by atoms with Crippen LogP contribution < -0.4 is 14.5 Å². The van der Waals surface area contributed by atoms with Crippen molar-refractivity contribution in [2.45, 2.75) is 24.7 Å². The number of benzene rings is 3. The van der Waals surface area contributed by atoms with Crippen LogP contribution in [-0.4, -0.2) is 33.7 Å². The molecule has 178 valence electrons. The number of nitrogens with zero attached hydrogens (tertiary/aromatic N) is 2. The molecule has 0 atom stereocenters. The monoisotopic (exact) mass is 483 g/mol. The standard InChI is InChI=1S/C25H26FN3O4S/c1-2-3-17-33-21-15-13-20(14-16-21)18-27-28-25(30)19-29(24-12-8-7-11-23(24)26)34(31,32)22-9-5-4-6-10-22/h4-16,18H,2-3,17,19H2,1H3,(H,28,30)/b27-18+. The molecular formula is C25H26FN3O4S. The van der Waals surface area contributed by atoms with Gasteiger partial charge in [0.1, 0.15) is 18.1 Å². The predicted molar refractivity (Wildman–Crippen MR) is 130 cm³/mol. The molecule has 9 heteroatoms. The summed E-state index contributed by atoms with van der Waals surface area (Å²) >= 11 is 0. The highest BCUT2D eigenvalue weighted by molar-refractivity contribution is 7.92. The summed E-state index contributed by atoms with van der Waals surface area (Å²) in [7, 11) is -4.20.